The number of carbonyl (C=O) groups excluding carboxylic acids is 2. The summed E-state index contributed by atoms with van der Waals surface area (Å²) in [5.74, 6) is 0. The molecule has 0 aromatic heterocycles. The van der Waals surface area contributed by atoms with E-state index in [0.29, 0.717) is 19.3 Å². The van der Waals surface area contributed by atoms with Crippen LogP contribution in [0.2, 0.25) is 0 Å². The Morgan fingerprint density at radius 3 is 1.62 bits per heavy atom. The second-order valence-electron chi connectivity index (χ2n) is 1.26. The molecule has 0 aliphatic carbocycles. The van der Waals surface area contributed by atoms with Crippen molar-refractivity contribution in [2.75, 3.05) is 0 Å². The van der Waals surface area contributed by atoms with Gasteiger partial charge in [-0.2, -0.15) is 0 Å². The third-order valence-electron chi connectivity index (χ3n) is 0.644. The van der Waals surface area contributed by atoms with E-state index in [1.165, 1.54) is 0 Å². The predicted octanol–water partition coefficient (Wildman–Crippen LogP) is -0.270. The highest BCUT2D eigenvalue weighted by molar-refractivity contribution is 5.52. The molecule has 0 radical (unpaired) electrons. The summed E-state index contributed by atoms with van der Waals surface area (Å²) in [4.78, 5) is 19.1. The van der Waals surface area contributed by atoms with Gasteiger partial charge in [0.05, 0.1) is 0 Å². The Bertz CT molecular complexity index is 52.7. The van der Waals surface area contributed by atoms with Crippen LogP contribution >= 0.6 is 0 Å². The molecule has 8 heavy (non-hydrogen) atoms. The Hall–Kier alpha value is -0.700. The second kappa shape index (κ2) is 9.57. The third kappa shape index (κ3) is 9.00. The first-order valence-corrected chi connectivity index (χ1v) is 2.29. The van der Waals surface area contributed by atoms with Gasteiger partial charge in [0.2, 0.25) is 0 Å². The van der Waals surface area contributed by atoms with Crippen LogP contribution in [-0.4, -0.2) is 18.0 Å². The Labute approximate surface area is 48.0 Å². The SMILES string of the molecule is O.O=CCCCC=O. The first-order chi connectivity index (χ1) is 3.41. The summed E-state index contributed by atoms with van der Waals surface area (Å²) < 4.78 is 0. The standard InChI is InChI=1S/C5H8O2.H2O/c6-4-2-1-3-5-7;/h4-5H,1-3H2;1H2. The van der Waals surface area contributed by atoms with E-state index in [1.807, 2.05) is 0 Å². The first kappa shape index (κ1) is 10.3. The van der Waals surface area contributed by atoms with Gasteiger partial charge in [0.15, 0.2) is 0 Å². The van der Waals surface area contributed by atoms with Gasteiger partial charge >= 0.3 is 0 Å². The van der Waals surface area contributed by atoms with Crippen molar-refractivity contribution >= 4 is 12.6 Å². The fourth-order valence-corrected chi connectivity index (χ4v) is 0.285. The van der Waals surface area contributed by atoms with Crippen LogP contribution in [0.25, 0.3) is 0 Å². The Kier molecular flexibility index (Phi) is 12.3. The fraction of sp³-hybridized carbons (Fsp3) is 0.600. The van der Waals surface area contributed by atoms with Gasteiger partial charge in [-0.15, -0.1) is 0 Å². The molecule has 0 rings (SSSR count). The molecule has 0 aromatic rings. The first-order valence-electron chi connectivity index (χ1n) is 2.29. The molecule has 3 heteroatoms. The number of carbonyl (C=O) groups is 2. The Balaban J connectivity index is 0. The van der Waals surface area contributed by atoms with Crippen LogP contribution in [0.3, 0.4) is 0 Å². The number of rotatable bonds is 4. The monoisotopic (exact) mass is 118 g/mol. The molecule has 0 fully saturated rings. The van der Waals surface area contributed by atoms with E-state index in [9.17, 15) is 9.59 Å². The molecule has 2 N–H and O–H groups in total. The van der Waals surface area contributed by atoms with Gasteiger partial charge in [0.25, 0.3) is 0 Å². The van der Waals surface area contributed by atoms with Crippen LogP contribution in [-0.2, 0) is 9.59 Å². The number of aldehydes is 2. The maximum Gasteiger partial charge on any atom is 0.120 e. The maximum atomic E-state index is 9.56. The summed E-state index contributed by atoms with van der Waals surface area (Å²) in [7, 11) is 0. The molecule has 0 atom stereocenters. The van der Waals surface area contributed by atoms with E-state index in [-0.39, 0.29) is 5.48 Å². The summed E-state index contributed by atoms with van der Waals surface area (Å²) >= 11 is 0. The van der Waals surface area contributed by atoms with Gasteiger partial charge in [0.1, 0.15) is 12.6 Å². The van der Waals surface area contributed by atoms with E-state index in [1.54, 1.807) is 0 Å². The van der Waals surface area contributed by atoms with Crippen molar-refractivity contribution in [3.63, 3.8) is 0 Å². The van der Waals surface area contributed by atoms with E-state index in [2.05, 4.69) is 0 Å². The zero-order valence-electron chi connectivity index (χ0n) is 4.59. The van der Waals surface area contributed by atoms with Gasteiger partial charge in [-0.1, -0.05) is 0 Å². The van der Waals surface area contributed by atoms with Gasteiger partial charge in [-0.3, -0.25) is 0 Å². The summed E-state index contributed by atoms with van der Waals surface area (Å²) in [6.07, 6.45) is 3.37. The minimum absolute atomic E-state index is 0. The average molecular weight is 118 g/mol. The summed E-state index contributed by atoms with van der Waals surface area (Å²) in [6, 6.07) is 0. The van der Waals surface area contributed by atoms with E-state index >= 15 is 0 Å². The molecule has 0 amide bonds. The molecular formula is C5H10O3. The van der Waals surface area contributed by atoms with Gasteiger partial charge in [0, 0.05) is 12.8 Å². The van der Waals surface area contributed by atoms with Gasteiger partial charge in [-0.05, 0) is 6.42 Å². The topological polar surface area (TPSA) is 65.6 Å². The van der Waals surface area contributed by atoms with Gasteiger partial charge < -0.3 is 15.1 Å². The zero-order valence-corrected chi connectivity index (χ0v) is 4.59. The molecular weight excluding hydrogens is 108 g/mol. The third-order valence-corrected chi connectivity index (χ3v) is 0.644. The summed E-state index contributed by atoms with van der Waals surface area (Å²) in [5, 5.41) is 0. The molecule has 0 aliphatic heterocycles. The van der Waals surface area contributed by atoms with Crippen LogP contribution in [0.15, 0.2) is 0 Å². The highest BCUT2D eigenvalue weighted by Crippen LogP contribution is 1.85. The normalized spacial score (nSPS) is 7.00. The van der Waals surface area contributed by atoms with Crippen LogP contribution in [0.4, 0.5) is 0 Å². The van der Waals surface area contributed by atoms with E-state index in [0.717, 1.165) is 12.6 Å². The van der Waals surface area contributed by atoms with Crippen molar-refractivity contribution in [1.82, 2.24) is 0 Å². The van der Waals surface area contributed by atoms with E-state index < -0.39 is 0 Å². The maximum absolute atomic E-state index is 9.56. The molecule has 0 bridgehead atoms. The van der Waals surface area contributed by atoms with Crippen molar-refractivity contribution in [1.29, 1.82) is 0 Å². The van der Waals surface area contributed by atoms with Crippen LogP contribution in [0.1, 0.15) is 19.3 Å². The molecule has 0 spiro atoms. The number of unbranched alkanes of at least 4 members (excludes halogenated alkanes) is 2. The number of hydrogen-bond acceptors (Lipinski definition) is 2. The summed E-state index contributed by atoms with van der Waals surface area (Å²) in [5.41, 5.74) is 0. The highest BCUT2D eigenvalue weighted by atomic mass is 16.1. The van der Waals surface area contributed by atoms with Crippen molar-refractivity contribution in [2.45, 2.75) is 19.3 Å². The lowest BCUT2D eigenvalue weighted by molar-refractivity contribution is -0.108. The largest absolute Gasteiger partial charge is 0.412 e. The van der Waals surface area contributed by atoms with Crippen molar-refractivity contribution in [2.24, 2.45) is 0 Å². The molecule has 0 saturated heterocycles. The zero-order chi connectivity index (χ0) is 5.54. The molecule has 0 aliphatic rings. The molecule has 0 heterocycles. The highest BCUT2D eigenvalue weighted by Gasteiger charge is 1.80. The minimum atomic E-state index is 0. The Morgan fingerprint density at radius 1 is 1.00 bits per heavy atom. The lowest BCUT2D eigenvalue weighted by Crippen LogP contribution is -1.76. The predicted molar refractivity (Wildman–Crippen MR) is 29.6 cm³/mol. The molecule has 48 valence electrons. The Morgan fingerprint density at radius 2 is 1.38 bits per heavy atom. The molecule has 0 unspecified atom stereocenters. The average Bonchev–Trinajstić information content (AvgIpc) is 1.69. The van der Waals surface area contributed by atoms with Crippen LogP contribution < -0.4 is 0 Å². The lowest BCUT2D eigenvalue weighted by Gasteiger charge is -1.78. The second-order valence-corrected chi connectivity index (χ2v) is 1.26. The summed E-state index contributed by atoms with van der Waals surface area (Å²) in [6.45, 7) is 0. The smallest absolute Gasteiger partial charge is 0.120 e. The molecule has 0 saturated carbocycles. The van der Waals surface area contributed by atoms with Crippen LogP contribution in [0.5, 0.6) is 0 Å². The quantitative estimate of drug-likeness (QED) is 0.376. The molecule has 3 nitrogen and oxygen atoms in total. The minimum Gasteiger partial charge on any atom is -0.412 e. The van der Waals surface area contributed by atoms with Crippen molar-refractivity contribution < 1.29 is 15.1 Å². The van der Waals surface area contributed by atoms with Gasteiger partial charge in [-0.25, -0.2) is 0 Å². The van der Waals surface area contributed by atoms with Crippen molar-refractivity contribution in [3.05, 3.63) is 0 Å². The number of hydrogen-bond donors (Lipinski definition) is 0. The fourth-order valence-electron chi connectivity index (χ4n) is 0.285. The van der Waals surface area contributed by atoms with E-state index in [4.69, 9.17) is 0 Å². The molecule has 0 aromatic carbocycles. The lowest BCUT2D eigenvalue weighted by atomic mass is 10.3. The van der Waals surface area contributed by atoms with Crippen molar-refractivity contribution in [3.8, 4) is 0 Å². The van der Waals surface area contributed by atoms with Crippen LogP contribution in [0, 0.1) is 0 Å².